The van der Waals surface area contributed by atoms with E-state index in [1.54, 1.807) is 7.11 Å². The van der Waals surface area contributed by atoms with Crippen LogP contribution in [0.4, 0.5) is 0 Å². The normalized spacial score (nSPS) is 10.5. The fourth-order valence-corrected chi connectivity index (χ4v) is 3.48. The quantitative estimate of drug-likeness (QED) is 0.753. The van der Waals surface area contributed by atoms with Crippen molar-refractivity contribution in [1.82, 2.24) is 5.32 Å². The van der Waals surface area contributed by atoms with Gasteiger partial charge in [0.1, 0.15) is 18.1 Å². The molecule has 0 bridgehead atoms. The summed E-state index contributed by atoms with van der Waals surface area (Å²) in [7, 11) is 3.59. The van der Waals surface area contributed by atoms with Crippen LogP contribution in [0, 0.1) is 0 Å². The SMILES string of the molecule is CNCc1cc(Br)c(OCc2cccc(OC)c2)c(Br)c1. The van der Waals surface area contributed by atoms with Gasteiger partial charge in [0, 0.05) is 6.54 Å². The Hall–Kier alpha value is -1.04. The van der Waals surface area contributed by atoms with Gasteiger partial charge >= 0.3 is 0 Å². The van der Waals surface area contributed by atoms with E-state index in [4.69, 9.17) is 9.47 Å². The smallest absolute Gasteiger partial charge is 0.148 e. The Morgan fingerprint density at radius 1 is 1.05 bits per heavy atom. The molecule has 0 aliphatic carbocycles. The number of methoxy groups -OCH3 is 1. The van der Waals surface area contributed by atoms with Crippen LogP contribution >= 0.6 is 31.9 Å². The Morgan fingerprint density at radius 2 is 1.76 bits per heavy atom. The Morgan fingerprint density at radius 3 is 2.38 bits per heavy atom. The van der Waals surface area contributed by atoms with E-state index in [0.717, 1.165) is 32.6 Å². The predicted molar refractivity (Wildman–Crippen MR) is 91.9 cm³/mol. The van der Waals surface area contributed by atoms with Gasteiger partial charge in [0.15, 0.2) is 0 Å². The summed E-state index contributed by atoms with van der Waals surface area (Å²) in [6.07, 6.45) is 0. The lowest BCUT2D eigenvalue weighted by molar-refractivity contribution is 0.301. The van der Waals surface area contributed by atoms with Crippen LogP contribution in [-0.4, -0.2) is 14.2 Å². The first-order valence-electron chi connectivity index (χ1n) is 6.52. The standard InChI is InChI=1S/C16H17Br2NO2/c1-19-9-12-7-14(17)16(15(18)8-12)21-10-11-4-3-5-13(6-11)20-2/h3-8,19H,9-10H2,1-2H3. The molecule has 2 aromatic carbocycles. The summed E-state index contributed by atoms with van der Waals surface area (Å²) in [6, 6.07) is 12.0. The molecule has 0 fully saturated rings. The molecular formula is C16H17Br2NO2. The fraction of sp³-hybridized carbons (Fsp3) is 0.250. The van der Waals surface area contributed by atoms with Gasteiger partial charge in [-0.05, 0) is 74.3 Å². The molecule has 0 aliphatic rings. The Bertz CT molecular complexity index is 594. The molecule has 0 unspecified atom stereocenters. The molecule has 21 heavy (non-hydrogen) atoms. The molecule has 0 radical (unpaired) electrons. The molecule has 0 saturated heterocycles. The van der Waals surface area contributed by atoms with E-state index < -0.39 is 0 Å². The van der Waals surface area contributed by atoms with Crippen molar-refractivity contribution in [2.75, 3.05) is 14.2 Å². The van der Waals surface area contributed by atoms with Crippen molar-refractivity contribution in [2.24, 2.45) is 0 Å². The highest BCUT2D eigenvalue weighted by molar-refractivity contribution is 9.11. The average Bonchev–Trinajstić information content (AvgIpc) is 2.47. The molecule has 2 rings (SSSR count). The largest absolute Gasteiger partial charge is 0.497 e. The molecule has 0 saturated carbocycles. The van der Waals surface area contributed by atoms with Gasteiger partial charge in [-0.2, -0.15) is 0 Å². The van der Waals surface area contributed by atoms with Crippen LogP contribution in [0.1, 0.15) is 11.1 Å². The molecule has 0 heterocycles. The summed E-state index contributed by atoms with van der Waals surface area (Å²) in [6.45, 7) is 1.30. The number of hydrogen-bond acceptors (Lipinski definition) is 3. The van der Waals surface area contributed by atoms with E-state index in [0.29, 0.717) is 6.61 Å². The first-order chi connectivity index (χ1) is 10.1. The predicted octanol–water partition coefficient (Wildman–Crippen LogP) is 4.52. The molecule has 0 aromatic heterocycles. The maximum absolute atomic E-state index is 5.92. The van der Waals surface area contributed by atoms with Crippen molar-refractivity contribution in [2.45, 2.75) is 13.2 Å². The first-order valence-corrected chi connectivity index (χ1v) is 8.11. The van der Waals surface area contributed by atoms with Crippen LogP contribution in [0.15, 0.2) is 45.3 Å². The zero-order chi connectivity index (χ0) is 15.2. The lowest BCUT2D eigenvalue weighted by Crippen LogP contribution is -2.05. The number of nitrogens with one attached hydrogen (secondary N) is 1. The molecule has 0 spiro atoms. The maximum atomic E-state index is 5.92. The molecular weight excluding hydrogens is 398 g/mol. The van der Waals surface area contributed by atoms with Crippen LogP contribution in [0.2, 0.25) is 0 Å². The number of ether oxygens (including phenoxy) is 2. The van der Waals surface area contributed by atoms with E-state index in [2.05, 4.69) is 49.3 Å². The van der Waals surface area contributed by atoms with E-state index in [9.17, 15) is 0 Å². The highest BCUT2D eigenvalue weighted by atomic mass is 79.9. The number of benzene rings is 2. The summed E-state index contributed by atoms with van der Waals surface area (Å²) in [4.78, 5) is 0. The second-order valence-corrected chi connectivity index (χ2v) is 6.27. The summed E-state index contributed by atoms with van der Waals surface area (Å²) in [5, 5.41) is 3.13. The zero-order valence-electron chi connectivity index (χ0n) is 12.0. The molecule has 112 valence electrons. The minimum absolute atomic E-state index is 0.486. The summed E-state index contributed by atoms with van der Waals surface area (Å²) in [5.41, 5.74) is 2.25. The van der Waals surface area contributed by atoms with Crippen LogP contribution in [0.25, 0.3) is 0 Å². The van der Waals surface area contributed by atoms with Gasteiger partial charge in [-0.25, -0.2) is 0 Å². The third-order valence-electron chi connectivity index (χ3n) is 2.96. The average molecular weight is 415 g/mol. The summed E-state index contributed by atoms with van der Waals surface area (Å²) in [5.74, 6) is 1.64. The Labute approximate surface area is 141 Å². The fourth-order valence-electron chi connectivity index (χ4n) is 1.97. The number of rotatable bonds is 6. The minimum atomic E-state index is 0.486. The van der Waals surface area contributed by atoms with Crippen molar-refractivity contribution in [3.63, 3.8) is 0 Å². The molecule has 0 amide bonds. The molecule has 5 heteroatoms. The van der Waals surface area contributed by atoms with Crippen molar-refractivity contribution < 1.29 is 9.47 Å². The van der Waals surface area contributed by atoms with Gasteiger partial charge in [-0.15, -0.1) is 0 Å². The van der Waals surface area contributed by atoms with Gasteiger partial charge in [0.25, 0.3) is 0 Å². The second kappa shape index (κ2) is 7.82. The molecule has 3 nitrogen and oxygen atoms in total. The summed E-state index contributed by atoms with van der Waals surface area (Å²) >= 11 is 7.12. The van der Waals surface area contributed by atoms with Crippen LogP contribution < -0.4 is 14.8 Å². The number of halogens is 2. The van der Waals surface area contributed by atoms with Gasteiger partial charge < -0.3 is 14.8 Å². The Kier molecular flexibility index (Phi) is 6.08. The van der Waals surface area contributed by atoms with Gasteiger partial charge in [-0.1, -0.05) is 12.1 Å². The third kappa shape index (κ3) is 4.46. The molecule has 2 aromatic rings. The van der Waals surface area contributed by atoms with E-state index >= 15 is 0 Å². The van der Waals surface area contributed by atoms with Crippen LogP contribution in [0.5, 0.6) is 11.5 Å². The van der Waals surface area contributed by atoms with Crippen molar-refractivity contribution in [1.29, 1.82) is 0 Å². The lowest BCUT2D eigenvalue weighted by atomic mass is 10.2. The Balaban J connectivity index is 2.12. The number of hydrogen-bond donors (Lipinski definition) is 1. The molecule has 0 atom stereocenters. The highest BCUT2D eigenvalue weighted by Crippen LogP contribution is 2.35. The van der Waals surface area contributed by atoms with Crippen LogP contribution in [-0.2, 0) is 13.2 Å². The van der Waals surface area contributed by atoms with Crippen molar-refractivity contribution >= 4 is 31.9 Å². The topological polar surface area (TPSA) is 30.5 Å². The van der Waals surface area contributed by atoms with Gasteiger partial charge in [0.2, 0.25) is 0 Å². The van der Waals surface area contributed by atoms with E-state index in [1.807, 2.05) is 31.3 Å². The second-order valence-electron chi connectivity index (χ2n) is 4.56. The van der Waals surface area contributed by atoms with Crippen LogP contribution in [0.3, 0.4) is 0 Å². The van der Waals surface area contributed by atoms with E-state index in [1.165, 1.54) is 5.56 Å². The maximum Gasteiger partial charge on any atom is 0.148 e. The highest BCUT2D eigenvalue weighted by Gasteiger charge is 2.09. The van der Waals surface area contributed by atoms with Crippen molar-refractivity contribution in [3.05, 3.63) is 56.5 Å². The minimum Gasteiger partial charge on any atom is -0.497 e. The monoisotopic (exact) mass is 413 g/mol. The van der Waals surface area contributed by atoms with Gasteiger partial charge in [-0.3, -0.25) is 0 Å². The zero-order valence-corrected chi connectivity index (χ0v) is 15.1. The third-order valence-corrected chi connectivity index (χ3v) is 4.13. The van der Waals surface area contributed by atoms with Gasteiger partial charge in [0.05, 0.1) is 16.1 Å². The first kappa shape index (κ1) is 16.3. The molecule has 0 aliphatic heterocycles. The molecule has 1 N–H and O–H groups in total. The summed E-state index contributed by atoms with van der Waals surface area (Å²) < 4.78 is 13.0. The lowest BCUT2D eigenvalue weighted by Gasteiger charge is -2.13. The van der Waals surface area contributed by atoms with E-state index in [-0.39, 0.29) is 0 Å². The van der Waals surface area contributed by atoms with Crippen molar-refractivity contribution in [3.8, 4) is 11.5 Å².